The molecule has 136 valence electrons. The number of nitrogens with one attached hydrogen (secondary N) is 1. The first-order valence-corrected chi connectivity index (χ1v) is 8.18. The van der Waals surface area contributed by atoms with Crippen LogP contribution in [0, 0.1) is 12.7 Å². The molecule has 0 atom stereocenters. The summed E-state index contributed by atoms with van der Waals surface area (Å²) in [5.74, 6) is -0.453. The fourth-order valence-electron chi connectivity index (χ4n) is 3.05. The molecule has 3 rings (SSSR count). The van der Waals surface area contributed by atoms with Crippen molar-refractivity contribution in [1.82, 2.24) is 25.2 Å². The number of amides is 1. The van der Waals surface area contributed by atoms with Crippen LogP contribution >= 0.6 is 12.4 Å². The van der Waals surface area contributed by atoms with Crippen molar-refractivity contribution in [2.24, 2.45) is 0 Å². The van der Waals surface area contributed by atoms with E-state index in [9.17, 15) is 9.18 Å². The van der Waals surface area contributed by atoms with E-state index in [1.165, 1.54) is 12.1 Å². The summed E-state index contributed by atoms with van der Waals surface area (Å²) in [5, 5.41) is 11.6. The van der Waals surface area contributed by atoms with Crippen LogP contribution in [0.2, 0.25) is 0 Å². The Morgan fingerprint density at radius 3 is 2.60 bits per heavy atom. The third kappa shape index (κ3) is 4.35. The number of nitrogens with zero attached hydrogens (tertiary/aromatic N) is 4. The molecule has 25 heavy (non-hydrogen) atoms. The molecular weight excluding hydrogens is 345 g/mol. The second-order valence-electron chi connectivity index (χ2n) is 6.24. The SMILES string of the molecule is Cc1c(C(=O)N(C)Cc2ccc(F)cc2)nnn1C1CCNCC1.Cl. The summed E-state index contributed by atoms with van der Waals surface area (Å²) in [6.45, 7) is 4.20. The number of piperidine rings is 1. The molecule has 1 N–H and O–H groups in total. The van der Waals surface area contributed by atoms with Crippen LogP contribution in [-0.2, 0) is 6.54 Å². The Morgan fingerprint density at radius 2 is 1.96 bits per heavy atom. The molecule has 0 unspecified atom stereocenters. The Morgan fingerprint density at radius 1 is 1.32 bits per heavy atom. The Bertz CT molecular complexity index is 712. The highest BCUT2D eigenvalue weighted by Crippen LogP contribution is 2.21. The summed E-state index contributed by atoms with van der Waals surface area (Å²) in [7, 11) is 1.72. The zero-order valence-corrected chi connectivity index (χ0v) is 15.2. The maximum atomic E-state index is 13.0. The highest BCUT2D eigenvalue weighted by Gasteiger charge is 2.24. The summed E-state index contributed by atoms with van der Waals surface area (Å²) in [6, 6.07) is 6.44. The number of hydrogen-bond donors (Lipinski definition) is 1. The normalized spacial score (nSPS) is 14.8. The van der Waals surface area contributed by atoms with E-state index in [0.29, 0.717) is 18.3 Å². The lowest BCUT2D eigenvalue weighted by Crippen LogP contribution is -2.30. The topological polar surface area (TPSA) is 63.1 Å². The first-order valence-electron chi connectivity index (χ1n) is 8.18. The average molecular weight is 368 g/mol. The smallest absolute Gasteiger partial charge is 0.276 e. The predicted octanol–water partition coefficient (Wildman–Crippen LogP) is 2.34. The average Bonchev–Trinajstić information content (AvgIpc) is 2.98. The minimum Gasteiger partial charge on any atom is -0.336 e. The van der Waals surface area contributed by atoms with Gasteiger partial charge in [0.05, 0.1) is 11.7 Å². The number of carbonyl (C=O) groups excluding carboxylic acids is 1. The standard InChI is InChI=1S/C17H22FN5O.ClH/c1-12-16(20-21-23(12)15-7-9-19-10-8-15)17(24)22(2)11-13-3-5-14(18)6-4-13;/h3-6,15,19H,7-11H2,1-2H3;1H. The van der Waals surface area contributed by atoms with Crippen LogP contribution in [0.25, 0.3) is 0 Å². The lowest BCUT2D eigenvalue weighted by atomic mass is 10.1. The molecule has 0 spiro atoms. The predicted molar refractivity (Wildman–Crippen MR) is 95.3 cm³/mol. The molecule has 2 aromatic rings. The van der Waals surface area contributed by atoms with Crippen molar-refractivity contribution in [1.29, 1.82) is 0 Å². The number of benzene rings is 1. The van der Waals surface area contributed by atoms with Crippen LogP contribution < -0.4 is 5.32 Å². The van der Waals surface area contributed by atoms with E-state index in [1.807, 2.05) is 11.6 Å². The molecule has 1 aromatic heterocycles. The highest BCUT2D eigenvalue weighted by molar-refractivity contribution is 5.93. The molecule has 0 radical (unpaired) electrons. The Labute approximate surface area is 152 Å². The van der Waals surface area contributed by atoms with Crippen molar-refractivity contribution in [3.05, 3.63) is 47.0 Å². The van der Waals surface area contributed by atoms with Gasteiger partial charge in [0.15, 0.2) is 5.69 Å². The summed E-state index contributed by atoms with van der Waals surface area (Å²) in [4.78, 5) is 14.2. The number of halogens is 2. The third-order valence-corrected chi connectivity index (χ3v) is 4.46. The number of aromatic nitrogens is 3. The number of hydrogen-bond acceptors (Lipinski definition) is 4. The molecule has 1 fully saturated rings. The van der Waals surface area contributed by atoms with Gasteiger partial charge in [-0.15, -0.1) is 17.5 Å². The van der Waals surface area contributed by atoms with E-state index in [4.69, 9.17) is 0 Å². The van der Waals surface area contributed by atoms with Gasteiger partial charge in [0, 0.05) is 13.6 Å². The minimum absolute atomic E-state index is 0. The van der Waals surface area contributed by atoms with Crippen molar-refractivity contribution in [3.63, 3.8) is 0 Å². The minimum atomic E-state index is -0.284. The van der Waals surface area contributed by atoms with Gasteiger partial charge in [-0.05, 0) is 50.6 Å². The van der Waals surface area contributed by atoms with Gasteiger partial charge in [0.2, 0.25) is 0 Å². The number of carbonyl (C=O) groups is 1. The van der Waals surface area contributed by atoms with Gasteiger partial charge in [-0.3, -0.25) is 4.79 Å². The zero-order valence-electron chi connectivity index (χ0n) is 14.4. The Balaban J connectivity index is 0.00000225. The van der Waals surface area contributed by atoms with Gasteiger partial charge in [0.1, 0.15) is 5.82 Å². The molecule has 0 saturated carbocycles. The monoisotopic (exact) mass is 367 g/mol. The van der Waals surface area contributed by atoms with Crippen LogP contribution in [0.5, 0.6) is 0 Å². The van der Waals surface area contributed by atoms with Crippen molar-refractivity contribution in [3.8, 4) is 0 Å². The van der Waals surface area contributed by atoms with Crippen molar-refractivity contribution >= 4 is 18.3 Å². The van der Waals surface area contributed by atoms with Gasteiger partial charge < -0.3 is 10.2 Å². The third-order valence-electron chi connectivity index (χ3n) is 4.46. The second-order valence-corrected chi connectivity index (χ2v) is 6.24. The molecule has 1 aliphatic rings. The molecule has 1 amide bonds. The van der Waals surface area contributed by atoms with Crippen LogP contribution in [0.15, 0.2) is 24.3 Å². The molecule has 0 bridgehead atoms. The fourth-order valence-corrected chi connectivity index (χ4v) is 3.05. The van der Waals surface area contributed by atoms with Crippen LogP contribution in [-0.4, -0.2) is 45.9 Å². The molecule has 1 aromatic carbocycles. The summed E-state index contributed by atoms with van der Waals surface area (Å²) < 4.78 is 14.8. The van der Waals surface area contributed by atoms with E-state index in [-0.39, 0.29) is 24.1 Å². The van der Waals surface area contributed by atoms with E-state index in [1.54, 1.807) is 24.1 Å². The van der Waals surface area contributed by atoms with Gasteiger partial charge in [-0.25, -0.2) is 9.07 Å². The first kappa shape index (κ1) is 19.3. The quantitative estimate of drug-likeness (QED) is 0.901. The lowest BCUT2D eigenvalue weighted by Gasteiger charge is -2.23. The zero-order chi connectivity index (χ0) is 17.1. The van der Waals surface area contributed by atoms with Crippen molar-refractivity contribution < 1.29 is 9.18 Å². The maximum Gasteiger partial charge on any atom is 0.276 e. The van der Waals surface area contributed by atoms with E-state index in [2.05, 4.69) is 15.6 Å². The molecule has 6 nitrogen and oxygen atoms in total. The maximum absolute atomic E-state index is 13.0. The summed E-state index contributed by atoms with van der Waals surface area (Å²) >= 11 is 0. The van der Waals surface area contributed by atoms with Crippen LogP contribution in [0.1, 0.15) is 40.6 Å². The van der Waals surface area contributed by atoms with Crippen molar-refractivity contribution in [2.75, 3.05) is 20.1 Å². The van der Waals surface area contributed by atoms with Crippen LogP contribution in [0.3, 0.4) is 0 Å². The fraction of sp³-hybridized carbons (Fsp3) is 0.471. The van der Waals surface area contributed by atoms with E-state index >= 15 is 0 Å². The van der Waals surface area contributed by atoms with Crippen LogP contribution in [0.4, 0.5) is 4.39 Å². The molecule has 1 aliphatic heterocycles. The molecule has 1 saturated heterocycles. The highest BCUT2D eigenvalue weighted by atomic mass is 35.5. The van der Waals surface area contributed by atoms with Gasteiger partial charge in [-0.1, -0.05) is 17.3 Å². The summed E-state index contributed by atoms with van der Waals surface area (Å²) in [6.07, 6.45) is 1.98. The largest absolute Gasteiger partial charge is 0.336 e. The molecule has 8 heteroatoms. The second kappa shape index (κ2) is 8.40. The lowest BCUT2D eigenvalue weighted by molar-refractivity contribution is 0.0778. The summed E-state index contributed by atoms with van der Waals surface area (Å²) in [5.41, 5.74) is 2.06. The van der Waals surface area contributed by atoms with Gasteiger partial charge >= 0.3 is 0 Å². The molecule has 0 aliphatic carbocycles. The molecular formula is C17H23ClFN5O. The Hall–Kier alpha value is -1.99. The first-order chi connectivity index (χ1) is 11.6. The van der Waals surface area contributed by atoms with Gasteiger partial charge in [-0.2, -0.15) is 0 Å². The van der Waals surface area contributed by atoms with Crippen molar-refractivity contribution in [2.45, 2.75) is 32.4 Å². The molecule has 2 heterocycles. The van der Waals surface area contributed by atoms with Gasteiger partial charge in [0.25, 0.3) is 5.91 Å². The van der Waals surface area contributed by atoms with E-state index in [0.717, 1.165) is 37.2 Å². The Kier molecular flexibility index (Phi) is 6.50. The number of rotatable bonds is 4. The van der Waals surface area contributed by atoms with E-state index < -0.39 is 0 Å².